The van der Waals surface area contributed by atoms with Gasteiger partial charge in [-0.1, -0.05) is 0 Å². The second-order valence-electron chi connectivity index (χ2n) is 5.94. The van der Waals surface area contributed by atoms with Crippen molar-refractivity contribution < 1.29 is 18.9 Å². The van der Waals surface area contributed by atoms with Crippen LogP contribution < -0.4 is 10.6 Å². The van der Waals surface area contributed by atoms with Crippen LogP contribution in [-0.2, 0) is 20.6 Å². The normalized spacial score (nSPS) is 10.7. The lowest BCUT2D eigenvalue weighted by molar-refractivity contribution is -0.385. The second kappa shape index (κ2) is 7.34. The molecular weight excluding hydrogens is 370 g/mol. The van der Waals surface area contributed by atoms with Gasteiger partial charge in [-0.15, -0.1) is 0 Å². The summed E-state index contributed by atoms with van der Waals surface area (Å²) >= 11 is 0. The average Bonchev–Trinajstić information content (AvgIpc) is 3.33. The van der Waals surface area contributed by atoms with Gasteiger partial charge in [0.1, 0.15) is 11.5 Å². The molecule has 146 valence electrons. The van der Waals surface area contributed by atoms with E-state index in [4.69, 9.17) is 4.42 Å². The molecule has 0 saturated carbocycles. The fourth-order valence-electron chi connectivity index (χ4n) is 2.56. The molecule has 12 nitrogen and oxygen atoms in total. The molecule has 0 radical (unpaired) electrons. The molecule has 2 N–H and O–H groups in total. The molecule has 3 aromatic rings. The number of aryl methyl sites for hydroxylation is 2. The minimum Gasteiger partial charge on any atom is -0.467 e. The SMILES string of the molecule is Cc1c([N+](=O)[O-])c(C(=O)Nc2cn(C)nc2C(=O)NCc2ccco2)nn1C. The molecule has 12 heteroatoms. The fraction of sp³-hybridized carbons (Fsp3) is 0.250. The maximum absolute atomic E-state index is 12.6. The molecule has 0 aliphatic rings. The van der Waals surface area contributed by atoms with Crippen molar-refractivity contribution in [2.24, 2.45) is 14.1 Å². The first-order valence-electron chi connectivity index (χ1n) is 8.11. The maximum atomic E-state index is 12.6. The van der Waals surface area contributed by atoms with Crippen LogP contribution >= 0.6 is 0 Å². The van der Waals surface area contributed by atoms with Crippen molar-refractivity contribution in [1.82, 2.24) is 24.9 Å². The molecule has 0 bridgehead atoms. The number of anilines is 1. The molecule has 3 heterocycles. The van der Waals surface area contributed by atoms with E-state index in [0.29, 0.717) is 5.76 Å². The first kappa shape index (κ1) is 18.8. The Hall–Kier alpha value is -3.96. The number of hydrogen-bond donors (Lipinski definition) is 2. The summed E-state index contributed by atoms with van der Waals surface area (Å²) in [6, 6.07) is 3.39. The zero-order valence-corrected chi connectivity index (χ0v) is 15.3. The number of nitrogens with zero attached hydrogens (tertiary/aromatic N) is 5. The third-order valence-corrected chi connectivity index (χ3v) is 4.00. The van der Waals surface area contributed by atoms with E-state index in [1.165, 1.54) is 35.8 Å². The van der Waals surface area contributed by atoms with Crippen LogP contribution in [0.3, 0.4) is 0 Å². The highest BCUT2D eigenvalue weighted by Gasteiger charge is 2.30. The third kappa shape index (κ3) is 3.60. The van der Waals surface area contributed by atoms with Gasteiger partial charge in [0, 0.05) is 20.3 Å². The minimum absolute atomic E-state index is 0.0438. The highest BCUT2D eigenvalue weighted by molar-refractivity contribution is 6.09. The highest BCUT2D eigenvalue weighted by Crippen LogP contribution is 2.24. The molecule has 0 atom stereocenters. The Morgan fingerprint density at radius 1 is 1.25 bits per heavy atom. The van der Waals surface area contributed by atoms with Crippen LogP contribution in [0.25, 0.3) is 0 Å². The van der Waals surface area contributed by atoms with E-state index in [1.807, 2.05) is 0 Å². The predicted molar refractivity (Wildman–Crippen MR) is 95.6 cm³/mol. The van der Waals surface area contributed by atoms with Crippen molar-refractivity contribution in [3.63, 3.8) is 0 Å². The highest BCUT2D eigenvalue weighted by atomic mass is 16.6. The van der Waals surface area contributed by atoms with Crippen LogP contribution in [0.1, 0.15) is 32.4 Å². The smallest absolute Gasteiger partial charge is 0.322 e. The quantitative estimate of drug-likeness (QED) is 0.475. The molecule has 0 fully saturated rings. The van der Waals surface area contributed by atoms with Crippen molar-refractivity contribution in [2.45, 2.75) is 13.5 Å². The largest absolute Gasteiger partial charge is 0.467 e. The molecule has 2 amide bonds. The zero-order valence-electron chi connectivity index (χ0n) is 15.3. The molecule has 0 saturated heterocycles. The van der Waals surface area contributed by atoms with E-state index in [-0.39, 0.29) is 29.3 Å². The Balaban J connectivity index is 1.82. The summed E-state index contributed by atoms with van der Waals surface area (Å²) in [5, 5.41) is 24.3. The van der Waals surface area contributed by atoms with E-state index in [1.54, 1.807) is 19.2 Å². The van der Waals surface area contributed by atoms with E-state index in [9.17, 15) is 19.7 Å². The number of nitro groups is 1. The van der Waals surface area contributed by atoms with Crippen molar-refractivity contribution in [3.05, 3.63) is 57.5 Å². The molecule has 0 aromatic carbocycles. The minimum atomic E-state index is -0.816. The van der Waals surface area contributed by atoms with Crippen molar-refractivity contribution in [3.8, 4) is 0 Å². The van der Waals surface area contributed by atoms with E-state index in [2.05, 4.69) is 20.8 Å². The standard InChI is InChI=1S/C16H17N7O5/c1-9-14(23(26)27)13(20-22(9)3)16(25)18-11-8-21(2)19-12(11)15(24)17-7-10-5-4-6-28-10/h4-6,8H,7H2,1-3H3,(H,17,24)(H,18,25). The van der Waals surface area contributed by atoms with Crippen LogP contribution in [0, 0.1) is 17.0 Å². The van der Waals surface area contributed by atoms with Gasteiger partial charge in [0.25, 0.3) is 11.8 Å². The maximum Gasteiger partial charge on any atom is 0.322 e. The van der Waals surface area contributed by atoms with Gasteiger partial charge >= 0.3 is 5.69 Å². The van der Waals surface area contributed by atoms with Crippen molar-refractivity contribution in [2.75, 3.05) is 5.32 Å². The van der Waals surface area contributed by atoms with Crippen LogP contribution in [0.2, 0.25) is 0 Å². The number of nitrogens with one attached hydrogen (secondary N) is 2. The third-order valence-electron chi connectivity index (χ3n) is 4.00. The van der Waals surface area contributed by atoms with Gasteiger partial charge < -0.3 is 15.1 Å². The number of carbonyl (C=O) groups excluding carboxylic acids is 2. The predicted octanol–water partition coefficient (Wildman–Crippen LogP) is 1.15. The molecule has 28 heavy (non-hydrogen) atoms. The first-order valence-corrected chi connectivity index (χ1v) is 8.11. The molecule has 0 aliphatic heterocycles. The van der Waals surface area contributed by atoms with Crippen LogP contribution in [0.15, 0.2) is 29.0 Å². The number of amides is 2. The second-order valence-corrected chi connectivity index (χ2v) is 5.94. The average molecular weight is 387 g/mol. The van der Waals surface area contributed by atoms with Crippen molar-refractivity contribution in [1.29, 1.82) is 0 Å². The first-order chi connectivity index (χ1) is 13.3. The van der Waals surface area contributed by atoms with E-state index in [0.717, 1.165) is 0 Å². The number of hydrogen-bond acceptors (Lipinski definition) is 7. The molecule has 0 spiro atoms. The summed E-state index contributed by atoms with van der Waals surface area (Å²) in [5.74, 6) is -0.808. The van der Waals surface area contributed by atoms with Gasteiger partial charge in [0.2, 0.25) is 5.69 Å². The number of rotatable bonds is 6. The molecule has 0 aliphatic carbocycles. The van der Waals surface area contributed by atoms with E-state index < -0.39 is 22.4 Å². The summed E-state index contributed by atoms with van der Waals surface area (Å²) < 4.78 is 7.73. The summed E-state index contributed by atoms with van der Waals surface area (Å²) in [4.78, 5) is 35.6. The van der Waals surface area contributed by atoms with Crippen molar-refractivity contribution >= 4 is 23.2 Å². The summed E-state index contributed by atoms with van der Waals surface area (Å²) in [6.45, 7) is 1.63. The molecule has 0 unspecified atom stereocenters. The van der Waals surface area contributed by atoms with Gasteiger partial charge in [0.15, 0.2) is 5.69 Å². The van der Waals surface area contributed by atoms with Crippen LogP contribution in [0.4, 0.5) is 11.4 Å². The summed E-state index contributed by atoms with van der Waals surface area (Å²) in [6.07, 6.45) is 2.90. The monoisotopic (exact) mass is 387 g/mol. The summed E-state index contributed by atoms with van der Waals surface area (Å²) in [5.41, 5.74) is -0.457. The number of furan rings is 1. The molecular formula is C16H17N7O5. The van der Waals surface area contributed by atoms with Gasteiger partial charge in [-0.3, -0.25) is 29.1 Å². The Kier molecular flexibility index (Phi) is 4.94. The van der Waals surface area contributed by atoms with Crippen LogP contribution in [-0.4, -0.2) is 36.3 Å². The summed E-state index contributed by atoms with van der Waals surface area (Å²) in [7, 11) is 3.07. The van der Waals surface area contributed by atoms with Gasteiger partial charge in [-0.05, 0) is 19.1 Å². The fourth-order valence-corrected chi connectivity index (χ4v) is 2.56. The zero-order chi connectivity index (χ0) is 20.4. The molecule has 3 rings (SSSR count). The Labute approximate surface area is 158 Å². The number of aromatic nitrogens is 4. The lowest BCUT2D eigenvalue weighted by Crippen LogP contribution is -2.25. The van der Waals surface area contributed by atoms with Gasteiger partial charge in [-0.25, -0.2) is 0 Å². The van der Waals surface area contributed by atoms with E-state index >= 15 is 0 Å². The Bertz CT molecular complexity index is 1050. The topological polar surface area (TPSA) is 150 Å². The van der Waals surface area contributed by atoms with Gasteiger partial charge in [0.05, 0.1) is 23.4 Å². The lowest BCUT2D eigenvalue weighted by atomic mass is 10.2. The van der Waals surface area contributed by atoms with Gasteiger partial charge in [-0.2, -0.15) is 10.2 Å². The Morgan fingerprint density at radius 3 is 2.64 bits per heavy atom. The van der Waals surface area contributed by atoms with Crippen LogP contribution in [0.5, 0.6) is 0 Å². The Morgan fingerprint density at radius 2 is 2.00 bits per heavy atom. The lowest BCUT2D eigenvalue weighted by Gasteiger charge is -2.04. The molecule has 3 aromatic heterocycles. The number of carbonyl (C=O) groups is 2.